The van der Waals surface area contributed by atoms with Crippen LogP contribution in [-0.2, 0) is 27.1 Å². The number of aryl methyl sites for hydroxylation is 1. The quantitative estimate of drug-likeness (QED) is 0.407. The second kappa shape index (κ2) is 12.4. The molecule has 2 aromatic rings. The number of halogens is 1. The largest absolute Gasteiger partial charge is 0.496 e. The van der Waals surface area contributed by atoms with E-state index in [9.17, 15) is 14.3 Å². The lowest BCUT2D eigenvalue weighted by Gasteiger charge is -2.28. The number of anilines is 1. The van der Waals surface area contributed by atoms with E-state index in [0.29, 0.717) is 31.9 Å². The van der Waals surface area contributed by atoms with Crippen LogP contribution in [0, 0.1) is 5.82 Å². The van der Waals surface area contributed by atoms with Crippen LogP contribution in [0.5, 0.6) is 5.75 Å². The Kier molecular flexibility index (Phi) is 8.76. The Bertz CT molecular complexity index is 1110. The number of unbranched alkanes of at least 4 members (excludes halogenated alkanes) is 1. The summed E-state index contributed by atoms with van der Waals surface area (Å²) in [4.78, 5) is 19.1. The summed E-state index contributed by atoms with van der Waals surface area (Å²) < 4.78 is 31.8. The number of pyridine rings is 1. The number of likely N-dealkylation sites (tertiary alicyclic amines) is 1. The number of aliphatic carboxylic acids is 1. The number of carbonyl (C=O) groups is 1. The molecule has 0 aliphatic carbocycles. The Hall–Kier alpha value is -2.75. The molecular weight excluding hydrogens is 489 g/mol. The number of nitrogens with one attached hydrogen (secondary N) is 1. The number of hydrogen-bond acceptors (Lipinski definition) is 7. The molecule has 0 amide bonds. The van der Waals surface area contributed by atoms with Crippen molar-refractivity contribution in [3.63, 3.8) is 0 Å². The highest BCUT2D eigenvalue weighted by Crippen LogP contribution is 2.37. The molecule has 1 aromatic heterocycles. The summed E-state index contributed by atoms with van der Waals surface area (Å²) >= 11 is 0. The molecule has 4 heterocycles. The molecule has 206 valence electrons. The summed E-state index contributed by atoms with van der Waals surface area (Å²) in [5.41, 5.74) is 3.46. The number of hydrogen-bond donors (Lipinski definition) is 2. The van der Waals surface area contributed by atoms with Crippen molar-refractivity contribution in [1.82, 2.24) is 9.88 Å². The number of aromatic nitrogens is 1. The standard InChI is InChI=1S/C29H38FN3O5/c1-36-26-17-20(32-28-23(26)7-4-12-31-28)6-2-3-14-37-21-11-13-33(18-21)27(29(34)35)24-16-19(30)9-10-22(24)25-8-5-15-38-25/h9-10,16-17,21,25,27H,2-8,11-15,18H2,1H3,(H,31,32)(H,34,35)/t21-,25?,27?/m1/s1. The fraction of sp³-hybridized carbons (Fsp3) is 0.586. The van der Waals surface area contributed by atoms with E-state index in [0.717, 1.165) is 86.3 Å². The Morgan fingerprint density at radius 1 is 1.29 bits per heavy atom. The molecule has 5 rings (SSSR count). The van der Waals surface area contributed by atoms with Crippen molar-refractivity contribution in [2.75, 3.05) is 45.3 Å². The topological polar surface area (TPSA) is 93.2 Å². The summed E-state index contributed by atoms with van der Waals surface area (Å²) in [5, 5.41) is 13.5. The van der Waals surface area contributed by atoms with Gasteiger partial charge in [-0.25, -0.2) is 9.37 Å². The summed E-state index contributed by atoms with van der Waals surface area (Å²) in [6.07, 6.45) is 7.03. The van der Waals surface area contributed by atoms with Crippen LogP contribution in [-0.4, -0.2) is 67.0 Å². The first-order valence-corrected chi connectivity index (χ1v) is 13.8. The molecule has 38 heavy (non-hydrogen) atoms. The van der Waals surface area contributed by atoms with E-state index in [1.807, 2.05) is 11.0 Å². The van der Waals surface area contributed by atoms with Gasteiger partial charge in [-0.05, 0) is 74.6 Å². The molecule has 3 aliphatic heterocycles. The second-order valence-electron chi connectivity index (χ2n) is 10.4. The van der Waals surface area contributed by atoms with Gasteiger partial charge in [-0.15, -0.1) is 0 Å². The van der Waals surface area contributed by atoms with Crippen molar-refractivity contribution in [1.29, 1.82) is 0 Å². The van der Waals surface area contributed by atoms with E-state index in [2.05, 4.69) is 5.32 Å². The van der Waals surface area contributed by atoms with Gasteiger partial charge in [0.25, 0.3) is 0 Å². The predicted molar refractivity (Wildman–Crippen MR) is 141 cm³/mol. The molecule has 2 saturated heterocycles. The van der Waals surface area contributed by atoms with Crippen molar-refractivity contribution in [2.24, 2.45) is 0 Å². The normalized spacial score (nSPS) is 22.2. The minimum atomic E-state index is -0.974. The van der Waals surface area contributed by atoms with E-state index in [4.69, 9.17) is 19.2 Å². The number of methoxy groups -OCH3 is 1. The maximum absolute atomic E-state index is 14.2. The van der Waals surface area contributed by atoms with Crippen molar-refractivity contribution in [3.05, 3.63) is 52.5 Å². The summed E-state index contributed by atoms with van der Waals surface area (Å²) in [5.74, 6) is 0.454. The Balaban J connectivity index is 1.13. The average molecular weight is 528 g/mol. The van der Waals surface area contributed by atoms with E-state index in [-0.39, 0.29) is 12.2 Å². The van der Waals surface area contributed by atoms with Crippen LogP contribution in [0.25, 0.3) is 0 Å². The Labute approximate surface area is 223 Å². The first kappa shape index (κ1) is 26.8. The van der Waals surface area contributed by atoms with Crippen LogP contribution >= 0.6 is 0 Å². The molecule has 0 saturated carbocycles. The molecule has 1 aromatic carbocycles. The molecule has 3 atom stereocenters. The van der Waals surface area contributed by atoms with Gasteiger partial charge in [-0.1, -0.05) is 6.07 Å². The molecule has 2 unspecified atom stereocenters. The van der Waals surface area contributed by atoms with Gasteiger partial charge >= 0.3 is 5.97 Å². The van der Waals surface area contributed by atoms with Crippen molar-refractivity contribution < 1.29 is 28.5 Å². The average Bonchev–Trinajstić information content (AvgIpc) is 3.61. The zero-order chi connectivity index (χ0) is 26.5. The van der Waals surface area contributed by atoms with Crippen LogP contribution < -0.4 is 10.1 Å². The highest BCUT2D eigenvalue weighted by atomic mass is 19.1. The van der Waals surface area contributed by atoms with E-state index in [1.165, 1.54) is 12.1 Å². The fourth-order valence-corrected chi connectivity index (χ4v) is 5.94. The molecule has 2 N–H and O–H groups in total. The maximum atomic E-state index is 14.2. The van der Waals surface area contributed by atoms with Gasteiger partial charge in [0.2, 0.25) is 0 Å². The van der Waals surface area contributed by atoms with Crippen molar-refractivity contribution in [2.45, 2.75) is 69.6 Å². The SMILES string of the molecule is COc1cc(CCCCO[C@@H]2CCN(C(C(=O)O)c3cc(F)ccc3C3CCCO3)C2)nc2c1CCCN2. The van der Waals surface area contributed by atoms with Gasteiger partial charge in [-0.3, -0.25) is 9.69 Å². The van der Waals surface area contributed by atoms with E-state index in [1.54, 1.807) is 13.2 Å². The van der Waals surface area contributed by atoms with Crippen LogP contribution in [0.2, 0.25) is 0 Å². The third-order valence-corrected chi connectivity index (χ3v) is 7.83. The third kappa shape index (κ3) is 6.11. The monoisotopic (exact) mass is 527 g/mol. The van der Waals surface area contributed by atoms with Gasteiger partial charge in [0.05, 0.1) is 19.3 Å². The highest BCUT2D eigenvalue weighted by Gasteiger charge is 2.37. The molecule has 0 radical (unpaired) electrons. The number of carboxylic acid groups (broad SMARTS) is 1. The van der Waals surface area contributed by atoms with Crippen LogP contribution in [0.1, 0.15) is 73.1 Å². The first-order chi connectivity index (χ1) is 18.5. The van der Waals surface area contributed by atoms with Gasteiger partial charge in [0.1, 0.15) is 23.4 Å². The van der Waals surface area contributed by atoms with E-state index >= 15 is 0 Å². The first-order valence-electron chi connectivity index (χ1n) is 13.8. The summed E-state index contributed by atoms with van der Waals surface area (Å²) in [6.45, 7) is 3.29. The number of fused-ring (bicyclic) bond motifs is 1. The lowest BCUT2D eigenvalue weighted by molar-refractivity contribution is -0.143. The summed E-state index contributed by atoms with van der Waals surface area (Å²) in [7, 11) is 1.71. The van der Waals surface area contributed by atoms with Crippen molar-refractivity contribution in [3.8, 4) is 5.75 Å². The molecule has 3 aliphatic rings. The van der Waals surface area contributed by atoms with E-state index < -0.39 is 17.8 Å². The molecule has 0 spiro atoms. The minimum absolute atomic E-state index is 0.0391. The predicted octanol–water partition coefficient (Wildman–Crippen LogP) is 4.68. The lowest BCUT2D eigenvalue weighted by atomic mass is 9.94. The maximum Gasteiger partial charge on any atom is 0.325 e. The van der Waals surface area contributed by atoms with Crippen molar-refractivity contribution >= 4 is 11.8 Å². The number of carboxylic acids is 1. The van der Waals surface area contributed by atoms with Gasteiger partial charge < -0.3 is 24.6 Å². The van der Waals surface area contributed by atoms with Crippen LogP contribution in [0.3, 0.4) is 0 Å². The molecular formula is C29H38FN3O5. The zero-order valence-corrected chi connectivity index (χ0v) is 22.1. The second-order valence-corrected chi connectivity index (χ2v) is 10.4. The van der Waals surface area contributed by atoms with Gasteiger partial charge in [0, 0.05) is 50.2 Å². The fourth-order valence-electron chi connectivity index (χ4n) is 5.94. The zero-order valence-electron chi connectivity index (χ0n) is 22.1. The summed E-state index contributed by atoms with van der Waals surface area (Å²) in [6, 6.07) is 5.57. The number of nitrogens with zero attached hydrogens (tertiary/aromatic N) is 2. The molecule has 8 nitrogen and oxygen atoms in total. The third-order valence-electron chi connectivity index (χ3n) is 7.83. The van der Waals surface area contributed by atoms with Gasteiger partial charge in [-0.2, -0.15) is 0 Å². The number of rotatable bonds is 11. The Morgan fingerprint density at radius 2 is 2.18 bits per heavy atom. The molecule has 2 fully saturated rings. The Morgan fingerprint density at radius 3 is 2.97 bits per heavy atom. The molecule has 9 heteroatoms. The number of ether oxygens (including phenoxy) is 3. The lowest BCUT2D eigenvalue weighted by Crippen LogP contribution is -2.34. The smallest absolute Gasteiger partial charge is 0.325 e. The van der Waals surface area contributed by atoms with Crippen LogP contribution in [0.15, 0.2) is 24.3 Å². The van der Waals surface area contributed by atoms with Gasteiger partial charge in [0.15, 0.2) is 0 Å². The number of benzene rings is 1. The minimum Gasteiger partial charge on any atom is -0.496 e. The highest BCUT2D eigenvalue weighted by molar-refractivity contribution is 5.76. The van der Waals surface area contributed by atoms with Crippen LogP contribution in [0.4, 0.5) is 10.2 Å². The molecule has 0 bridgehead atoms.